The molecule has 0 spiro atoms. The van der Waals surface area contributed by atoms with Crippen LogP contribution in [0.4, 0.5) is 13.2 Å². The normalized spacial score (nSPS) is 13.7. The third kappa shape index (κ3) is 4.76. The Morgan fingerprint density at radius 3 is 2.36 bits per heavy atom. The zero-order valence-electron chi connectivity index (χ0n) is 19.8. The smallest absolute Gasteiger partial charge is 0.340 e. The van der Waals surface area contributed by atoms with Gasteiger partial charge in [-0.15, -0.1) is 0 Å². The van der Waals surface area contributed by atoms with Crippen molar-refractivity contribution in [3.8, 4) is 11.1 Å². The summed E-state index contributed by atoms with van der Waals surface area (Å²) < 4.78 is 42.8. The number of halogens is 3. The average molecular weight is 488 g/mol. The third-order valence-corrected chi connectivity index (χ3v) is 6.24. The molecule has 36 heavy (non-hydrogen) atoms. The molecule has 8 heteroatoms. The molecule has 5 nitrogen and oxygen atoms in total. The Morgan fingerprint density at radius 1 is 0.944 bits per heavy atom. The van der Waals surface area contributed by atoms with E-state index in [9.17, 15) is 13.2 Å². The van der Waals surface area contributed by atoms with Crippen LogP contribution in [0.1, 0.15) is 29.4 Å². The average Bonchev–Trinajstić information content (AvgIpc) is 3.49. The number of hydrogen-bond donors (Lipinski definition) is 0. The van der Waals surface area contributed by atoms with Crippen molar-refractivity contribution < 1.29 is 13.2 Å². The molecule has 1 atom stereocenters. The fourth-order valence-corrected chi connectivity index (χ4v) is 4.36. The predicted molar refractivity (Wildman–Crippen MR) is 132 cm³/mol. The van der Waals surface area contributed by atoms with Gasteiger partial charge in [0.15, 0.2) is 5.65 Å². The second-order valence-corrected chi connectivity index (χ2v) is 8.98. The van der Waals surface area contributed by atoms with E-state index >= 15 is 0 Å². The number of rotatable bonds is 7. The Balaban J connectivity index is 1.55. The molecule has 0 bridgehead atoms. The third-order valence-electron chi connectivity index (χ3n) is 6.24. The highest BCUT2D eigenvalue weighted by molar-refractivity contribution is 5.77. The molecule has 0 saturated heterocycles. The zero-order valence-corrected chi connectivity index (χ0v) is 19.8. The zero-order chi connectivity index (χ0) is 25.3. The highest BCUT2D eigenvalue weighted by atomic mass is 19.4. The standard InChI is InChI=1S/C28H24F3N5/c1-27(16-20-6-4-3-5-7-20,14-12-23-18-35(2)19-33-23)25-13-15-32-26-24(17-34-36(25)26)21-8-10-22(11-9-21)28(29,30)31/h3-11,13-19H,12H2,1-2H3. The number of alkyl halides is 3. The number of benzene rings is 2. The maximum absolute atomic E-state index is 13.0. The van der Waals surface area contributed by atoms with Crippen molar-refractivity contribution >= 4 is 5.65 Å². The quantitative estimate of drug-likeness (QED) is 0.279. The SMILES string of the molecule is Cn1cnc(C[CH]C(C)([CH]c2ccccc2)c2ccnc3c(-c4ccc(C(F)(F)F)cc4)cnn23)c1. The molecule has 5 rings (SSSR count). The summed E-state index contributed by atoms with van der Waals surface area (Å²) in [4.78, 5) is 8.98. The lowest BCUT2D eigenvalue weighted by atomic mass is 9.76. The Labute approximate surface area is 207 Å². The van der Waals surface area contributed by atoms with Crippen LogP contribution in [-0.2, 0) is 25.1 Å². The second-order valence-electron chi connectivity index (χ2n) is 8.98. The lowest BCUT2D eigenvalue weighted by molar-refractivity contribution is -0.137. The van der Waals surface area contributed by atoms with Gasteiger partial charge in [0.05, 0.1) is 29.5 Å². The van der Waals surface area contributed by atoms with Crippen LogP contribution in [0.15, 0.2) is 85.6 Å². The summed E-state index contributed by atoms with van der Waals surface area (Å²) >= 11 is 0. The molecule has 0 aliphatic carbocycles. The van der Waals surface area contributed by atoms with Crippen LogP contribution in [0, 0.1) is 12.8 Å². The second kappa shape index (κ2) is 9.26. The minimum atomic E-state index is -4.39. The molecule has 5 aromatic rings. The van der Waals surface area contributed by atoms with E-state index in [-0.39, 0.29) is 0 Å². The maximum atomic E-state index is 13.0. The Morgan fingerprint density at radius 2 is 1.69 bits per heavy atom. The lowest BCUT2D eigenvalue weighted by Crippen LogP contribution is -2.28. The van der Waals surface area contributed by atoms with E-state index in [2.05, 4.69) is 34.8 Å². The lowest BCUT2D eigenvalue weighted by Gasteiger charge is -2.30. The van der Waals surface area contributed by atoms with E-state index in [0.717, 1.165) is 29.1 Å². The first-order chi connectivity index (χ1) is 17.2. The van der Waals surface area contributed by atoms with Gasteiger partial charge in [-0.2, -0.15) is 18.3 Å². The molecule has 0 saturated carbocycles. The molecule has 0 aliphatic rings. The fourth-order valence-electron chi connectivity index (χ4n) is 4.36. The van der Waals surface area contributed by atoms with Crippen molar-refractivity contribution in [1.82, 2.24) is 24.1 Å². The molecule has 2 radical (unpaired) electrons. The van der Waals surface area contributed by atoms with Gasteiger partial charge in [0, 0.05) is 36.8 Å². The number of aromatic nitrogens is 5. The first kappa shape index (κ1) is 23.8. The summed E-state index contributed by atoms with van der Waals surface area (Å²) in [7, 11) is 1.94. The van der Waals surface area contributed by atoms with Gasteiger partial charge in [-0.1, -0.05) is 49.4 Å². The minimum absolute atomic E-state index is 0.552. The summed E-state index contributed by atoms with van der Waals surface area (Å²) in [5.41, 5.74) is 3.50. The Hall–Kier alpha value is -3.94. The number of fused-ring (bicyclic) bond motifs is 1. The molecule has 1 unspecified atom stereocenters. The van der Waals surface area contributed by atoms with Gasteiger partial charge in [-0.3, -0.25) is 0 Å². The molecule has 3 heterocycles. The molecule has 3 aromatic heterocycles. The van der Waals surface area contributed by atoms with Crippen LogP contribution < -0.4 is 0 Å². The summed E-state index contributed by atoms with van der Waals surface area (Å²) in [6.45, 7) is 2.11. The van der Waals surface area contributed by atoms with Crippen molar-refractivity contribution in [2.75, 3.05) is 0 Å². The summed E-state index contributed by atoms with van der Waals surface area (Å²) in [5.74, 6) is 0. The number of aryl methyl sites for hydroxylation is 1. The van der Waals surface area contributed by atoms with Gasteiger partial charge in [0.1, 0.15) is 0 Å². The van der Waals surface area contributed by atoms with Crippen LogP contribution in [0.2, 0.25) is 0 Å². The van der Waals surface area contributed by atoms with Crippen molar-refractivity contribution in [3.05, 3.63) is 121 Å². The number of hydrogen-bond acceptors (Lipinski definition) is 3. The topological polar surface area (TPSA) is 48.0 Å². The van der Waals surface area contributed by atoms with Crippen molar-refractivity contribution in [2.24, 2.45) is 7.05 Å². The van der Waals surface area contributed by atoms with Gasteiger partial charge in [0.25, 0.3) is 0 Å². The minimum Gasteiger partial charge on any atom is -0.340 e. The summed E-state index contributed by atoms with van der Waals surface area (Å²) in [6, 6.07) is 17.0. The van der Waals surface area contributed by atoms with Gasteiger partial charge in [0.2, 0.25) is 0 Å². The van der Waals surface area contributed by atoms with E-state index in [1.54, 1.807) is 23.2 Å². The van der Waals surface area contributed by atoms with Gasteiger partial charge < -0.3 is 4.57 Å². The first-order valence-corrected chi connectivity index (χ1v) is 11.5. The van der Waals surface area contributed by atoms with E-state index in [1.165, 1.54) is 12.1 Å². The summed E-state index contributed by atoms with van der Waals surface area (Å²) in [6.07, 6.45) is 7.73. The van der Waals surface area contributed by atoms with E-state index in [1.807, 2.05) is 54.2 Å². The molecule has 0 N–H and O–H groups in total. The monoisotopic (exact) mass is 487 g/mol. The van der Waals surface area contributed by atoms with Crippen LogP contribution in [-0.4, -0.2) is 24.1 Å². The summed E-state index contributed by atoms with van der Waals surface area (Å²) in [5, 5.41) is 4.61. The van der Waals surface area contributed by atoms with Crippen LogP contribution >= 0.6 is 0 Å². The molecular weight excluding hydrogens is 463 g/mol. The largest absolute Gasteiger partial charge is 0.416 e. The van der Waals surface area contributed by atoms with E-state index in [0.29, 0.717) is 23.2 Å². The first-order valence-electron chi connectivity index (χ1n) is 11.5. The molecule has 0 amide bonds. The van der Waals surface area contributed by atoms with E-state index < -0.39 is 17.2 Å². The van der Waals surface area contributed by atoms with Crippen molar-refractivity contribution in [1.29, 1.82) is 0 Å². The molecular formula is C28H24F3N5. The van der Waals surface area contributed by atoms with Crippen LogP contribution in [0.3, 0.4) is 0 Å². The Bertz CT molecular complexity index is 1470. The molecule has 0 aliphatic heterocycles. The number of nitrogens with zero attached hydrogens (tertiary/aromatic N) is 5. The Kier molecular flexibility index (Phi) is 6.12. The number of imidazole rings is 1. The highest BCUT2D eigenvalue weighted by Crippen LogP contribution is 2.36. The van der Waals surface area contributed by atoms with Crippen LogP contribution in [0.25, 0.3) is 16.8 Å². The van der Waals surface area contributed by atoms with Crippen molar-refractivity contribution in [2.45, 2.75) is 24.9 Å². The van der Waals surface area contributed by atoms with Crippen molar-refractivity contribution in [3.63, 3.8) is 0 Å². The molecule has 182 valence electrons. The molecule has 0 fully saturated rings. The predicted octanol–water partition coefficient (Wildman–Crippen LogP) is 6.11. The van der Waals surface area contributed by atoms with Crippen LogP contribution in [0.5, 0.6) is 0 Å². The maximum Gasteiger partial charge on any atom is 0.416 e. The fraction of sp³-hybridized carbons (Fsp3) is 0.179. The van der Waals surface area contributed by atoms with Gasteiger partial charge in [-0.05, 0) is 42.2 Å². The highest BCUT2D eigenvalue weighted by Gasteiger charge is 2.32. The van der Waals surface area contributed by atoms with Gasteiger partial charge in [-0.25, -0.2) is 14.5 Å². The molecule has 2 aromatic carbocycles. The van der Waals surface area contributed by atoms with Gasteiger partial charge >= 0.3 is 6.18 Å². The van der Waals surface area contributed by atoms with E-state index in [4.69, 9.17) is 0 Å².